The van der Waals surface area contributed by atoms with Crippen LogP contribution >= 0.6 is 0 Å². The minimum atomic E-state index is -0.429. The molecule has 2 rings (SSSR count). The maximum Gasteiger partial charge on any atom is 0.249 e. The summed E-state index contributed by atoms with van der Waals surface area (Å²) in [5.74, 6) is -0.429. The van der Waals surface area contributed by atoms with Gasteiger partial charge >= 0.3 is 0 Å². The highest BCUT2D eigenvalue weighted by molar-refractivity contribution is 6.02. The van der Waals surface area contributed by atoms with E-state index in [0.29, 0.717) is 11.3 Å². The van der Waals surface area contributed by atoms with E-state index >= 15 is 0 Å². The Balaban J connectivity index is 2.72. The van der Waals surface area contributed by atoms with Crippen molar-refractivity contribution in [2.75, 3.05) is 5.73 Å². The molecule has 0 saturated heterocycles. The number of amides is 1. The molecule has 2 aromatic rings. The fourth-order valence-electron chi connectivity index (χ4n) is 1.96. The molecule has 86 valence electrons. The summed E-state index contributed by atoms with van der Waals surface area (Å²) in [5.41, 5.74) is 15.0. The lowest BCUT2D eigenvalue weighted by Crippen LogP contribution is -2.14. The molecule has 0 fully saturated rings. The molecule has 4 N–H and O–H groups in total. The van der Waals surface area contributed by atoms with Crippen molar-refractivity contribution in [1.82, 2.24) is 0 Å². The Kier molecular flexibility index (Phi) is 2.83. The molecule has 0 aromatic heterocycles. The zero-order valence-electron chi connectivity index (χ0n) is 9.60. The molecule has 0 unspecified atom stereocenters. The summed E-state index contributed by atoms with van der Waals surface area (Å²) >= 11 is 0. The van der Waals surface area contributed by atoms with Crippen molar-refractivity contribution in [3.63, 3.8) is 0 Å². The second-order valence-corrected chi connectivity index (χ2v) is 3.95. The molecular formula is C14H14N2O. The van der Waals surface area contributed by atoms with Crippen molar-refractivity contribution in [3.8, 4) is 11.1 Å². The van der Waals surface area contributed by atoms with Crippen LogP contribution in [0.4, 0.5) is 5.69 Å². The number of hydrogen-bond donors (Lipinski definition) is 2. The SMILES string of the molecule is Cc1cccc(-c2ccccc2N)c1C(N)=O. The number of para-hydroxylation sites is 1. The van der Waals surface area contributed by atoms with Gasteiger partial charge in [0.15, 0.2) is 0 Å². The van der Waals surface area contributed by atoms with E-state index < -0.39 is 5.91 Å². The molecule has 0 saturated carbocycles. The Morgan fingerprint density at radius 3 is 2.29 bits per heavy atom. The predicted molar refractivity (Wildman–Crippen MR) is 69.5 cm³/mol. The van der Waals surface area contributed by atoms with Crippen molar-refractivity contribution in [2.24, 2.45) is 5.73 Å². The molecule has 0 aliphatic heterocycles. The number of carbonyl (C=O) groups is 1. The quantitative estimate of drug-likeness (QED) is 0.772. The number of primary amides is 1. The maximum atomic E-state index is 11.5. The number of aryl methyl sites for hydroxylation is 1. The van der Waals surface area contributed by atoms with Crippen molar-refractivity contribution in [1.29, 1.82) is 0 Å². The maximum absolute atomic E-state index is 11.5. The van der Waals surface area contributed by atoms with E-state index in [0.717, 1.165) is 16.7 Å². The van der Waals surface area contributed by atoms with Gasteiger partial charge in [-0.15, -0.1) is 0 Å². The highest BCUT2D eigenvalue weighted by Crippen LogP contribution is 2.30. The standard InChI is InChI=1S/C14H14N2O/c1-9-5-4-7-11(13(9)14(16)17)10-6-2-3-8-12(10)15/h2-8H,15H2,1H3,(H2,16,17). The molecule has 0 radical (unpaired) electrons. The topological polar surface area (TPSA) is 69.1 Å². The number of hydrogen-bond acceptors (Lipinski definition) is 2. The lowest BCUT2D eigenvalue weighted by atomic mass is 9.94. The summed E-state index contributed by atoms with van der Waals surface area (Å²) in [6.07, 6.45) is 0. The lowest BCUT2D eigenvalue weighted by molar-refractivity contribution is 0.100. The first-order chi connectivity index (χ1) is 8.11. The van der Waals surface area contributed by atoms with Gasteiger partial charge in [0.1, 0.15) is 0 Å². The van der Waals surface area contributed by atoms with Crippen LogP contribution in [0.15, 0.2) is 42.5 Å². The molecule has 0 atom stereocenters. The van der Waals surface area contributed by atoms with E-state index in [4.69, 9.17) is 11.5 Å². The van der Waals surface area contributed by atoms with Gasteiger partial charge in [-0.05, 0) is 24.1 Å². The van der Waals surface area contributed by atoms with Gasteiger partial charge < -0.3 is 11.5 Å². The largest absolute Gasteiger partial charge is 0.398 e. The summed E-state index contributed by atoms with van der Waals surface area (Å²) in [7, 11) is 0. The van der Waals surface area contributed by atoms with E-state index in [1.165, 1.54) is 0 Å². The third kappa shape index (κ3) is 1.99. The lowest BCUT2D eigenvalue weighted by Gasteiger charge is -2.11. The second kappa shape index (κ2) is 4.29. The predicted octanol–water partition coefficient (Wildman–Crippen LogP) is 2.34. The van der Waals surface area contributed by atoms with Gasteiger partial charge in [0.05, 0.1) is 0 Å². The summed E-state index contributed by atoms with van der Waals surface area (Å²) in [6.45, 7) is 1.86. The summed E-state index contributed by atoms with van der Waals surface area (Å²) in [6, 6.07) is 13.1. The summed E-state index contributed by atoms with van der Waals surface area (Å²) in [5, 5.41) is 0. The molecule has 0 bridgehead atoms. The monoisotopic (exact) mass is 226 g/mol. The average Bonchev–Trinajstić information content (AvgIpc) is 2.28. The number of nitrogen functional groups attached to an aromatic ring is 1. The molecule has 0 aliphatic carbocycles. The van der Waals surface area contributed by atoms with E-state index in [1.54, 1.807) is 0 Å². The van der Waals surface area contributed by atoms with Gasteiger partial charge in [0.25, 0.3) is 0 Å². The van der Waals surface area contributed by atoms with Crippen molar-refractivity contribution in [3.05, 3.63) is 53.6 Å². The molecule has 0 aliphatic rings. The Labute approximate surface area is 100 Å². The van der Waals surface area contributed by atoms with Crippen LogP contribution in [0.5, 0.6) is 0 Å². The zero-order chi connectivity index (χ0) is 12.4. The normalized spacial score (nSPS) is 10.2. The van der Waals surface area contributed by atoms with Gasteiger partial charge in [-0.1, -0.05) is 36.4 Å². The second-order valence-electron chi connectivity index (χ2n) is 3.95. The average molecular weight is 226 g/mol. The molecule has 2 aromatic carbocycles. The van der Waals surface area contributed by atoms with Gasteiger partial charge in [-0.2, -0.15) is 0 Å². The van der Waals surface area contributed by atoms with E-state index in [9.17, 15) is 4.79 Å². The van der Waals surface area contributed by atoms with Crippen molar-refractivity contribution in [2.45, 2.75) is 6.92 Å². The van der Waals surface area contributed by atoms with Gasteiger partial charge in [0, 0.05) is 16.8 Å². The smallest absolute Gasteiger partial charge is 0.249 e. The van der Waals surface area contributed by atoms with Crippen LogP contribution in [-0.2, 0) is 0 Å². The Morgan fingerprint density at radius 2 is 1.65 bits per heavy atom. The minimum absolute atomic E-state index is 0.429. The minimum Gasteiger partial charge on any atom is -0.398 e. The van der Waals surface area contributed by atoms with Crippen LogP contribution in [0, 0.1) is 6.92 Å². The highest BCUT2D eigenvalue weighted by Gasteiger charge is 2.13. The first-order valence-electron chi connectivity index (χ1n) is 5.35. The van der Waals surface area contributed by atoms with Crippen LogP contribution < -0.4 is 11.5 Å². The third-order valence-corrected chi connectivity index (χ3v) is 2.77. The number of benzene rings is 2. The highest BCUT2D eigenvalue weighted by atomic mass is 16.1. The van der Waals surface area contributed by atoms with Crippen LogP contribution in [0.3, 0.4) is 0 Å². The Hall–Kier alpha value is -2.29. The number of anilines is 1. The van der Waals surface area contributed by atoms with E-state index in [1.807, 2.05) is 49.4 Å². The first kappa shape index (κ1) is 11.2. The number of nitrogens with two attached hydrogens (primary N) is 2. The Morgan fingerprint density at radius 1 is 1.00 bits per heavy atom. The number of rotatable bonds is 2. The zero-order valence-corrected chi connectivity index (χ0v) is 9.60. The molecule has 3 nitrogen and oxygen atoms in total. The molecular weight excluding hydrogens is 212 g/mol. The van der Waals surface area contributed by atoms with E-state index in [-0.39, 0.29) is 0 Å². The molecule has 0 spiro atoms. The fourth-order valence-corrected chi connectivity index (χ4v) is 1.96. The first-order valence-corrected chi connectivity index (χ1v) is 5.35. The molecule has 0 heterocycles. The molecule has 3 heteroatoms. The van der Waals surface area contributed by atoms with Gasteiger partial charge in [-0.25, -0.2) is 0 Å². The van der Waals surface area contributed by atoms with Crippen LogP contribution in [0.25, 0.3) is 11.1 Å². The van der Waals surface area contributed by atoms with Crippen molar-refractivity contribution >= 4 is 11.6 Å². The summed E-state index contributed by atoms with van der Waals surface area (Å²) in [4.78, 5) is 11.5. The van der Waals surface area contributed by atoms with E-state index in [2.05, 4.69) is 0 Å². The van der Waals surface area contributed by atoms with Crippen LogP contribution in [0.2, 0.25) is 0 Å². The third-order valence-electron chi connectivity index (χ3n) is 2.77. The molecule has 1 amide bonds. The Bertz CT molecular complexity index is 576. The van der Waals surface area contributed by atoms with Gasteiger partial charge in [0.2, 0.25) is 5.91 Å². The van der Waals surface area contributed by atoms with Gasteiger partial charge in [-0.3, -0.25) is 4.79 Å². The van der Waals surface area contributed by atoms with Crippen LogP contribution in [-0.4, -0.2) is 5.91 Å². The fraction of sp³-hybridized carbons (Fsp3) is 0.0714. The summed E-state index contributed by atoms with van der Waals surface area (Å²) < 4.78 is 0. The number of carbonyl (C=O) groups excluding carboxylic acids is 1. The van der Waals surface area contributed by atoms with Crippen molar-refractivity contribution < 1.29 is 4.79 Å². The molecule has 17 heavy (non-hydrogen) atoms. The van der Waals surface area contributed by atoms with Crippen LogP contribution in [0.1, 0.15) is 15.9 Å².